The minimum Gasteiger partial charge on any atom is -0.450 e. The van der Waals surface area contributed by atoms with Gasteiger partial charge in [-0.3, -0.25) is 4.79 Å². The zero-order chi connectivity index (χ0) is 12.1. The van der Waals surface area contributed by atoms with Crippen LogP contribution in [0.15, 0.2) is 0 Å². The van der Waals surface area contributed by atoms with Gasteiger partial charge in [0.25, 0.3) is 0 Å². The Morgan fingerprint density at radius 2 is 1.87 bits per heavy atom. The van der Waals surface area contributed by atoms with Crippen molar-refractivity contribution in [2.75, 3.05) is 6.61 Å². The summed E-state index contributed by atoms with van der Waals surface area (Å²) in [7, 11) is 0. The van der Waals surface area contributed by atoms with Gasteiger partial charge in [-0.05, 0) is 34.6 Å². The zero-order valence-corrected chi connectivity index (χ0v) is 10.0. The Balaban J connectivity index is 4.05. The van der Waals surface area contributed by atoms with E-state index in [0.29, 0.717) is 6.61 Å². The first kappa shape index (κ1) is 13.7. The quantitative estimate of drug-likeness (QED) is 0.740. The Morgan fingerprint density at radius 1 is 1.33 bits per heavy atom. The van der Waals surface area contributed by atoms with Crippen LogP contribution in [0.4, 0.5) is 4.79 Å². The normalized spacial score (nSPS) is 12.9. The van der Waals surface area contributed by atoms with Crippen LogP contribution in [0.5, 0.6) is 0 Å². The van der Waals surface area contributed by atoms with E-state index in [0.717, 1.165) is 0 Å². The highest BCUT2D eigenvalue weighted by Crippen LogP contribution is 1.99. The maximum absolute atomic E-state index is 11.5. The van der Waals surface area contributed by atoms with E-state index in [2.05, 4.69) is 15.4 Å². The number of rotatable bonds is 3. The van der Waals surface area contributed by atoms with Crippen LogP contribution in [-0.2, 0) is 9.53 Å². The van der Waals surface area contributed by atoms with Crippen molar-refractivity contribution in [3.63, 3.8) is 0 Å². The second-order valence-corrected chi connectivity index (χ2v) is 4.33. The Labute approximate surface area is 90.6 Å². The molecule has 0 radical (unpaired) electrons. The second kappa shape index (κ2) is 5.58. The lowest BCUT2D eigenvalue weighted by Crippen LogP contribution is -2.50. The van der Waals surface area contributed by atoms with Crippen molar-refractivity contribution in [3.8, 4) is 0 Å². The molecule has 0 aromatic rings. The maximum atomic E-state index is 11.5. The molecule has 0 spiro atoms. The molecule has 15 heavy (non-hydrogen) atoms. The number of carbonyl (C=O) groups excluding carboxylic acids is 2. The van der Waals surface area contributed by atoms with E-state index in [9.17, 15) is 9.59 Å². The van der Waals surface area contributed by atoms with E-state index >= 15 is 0 Å². The minimum atomic E-state index is -0.594. The van der Waals surface area contributed by atoms with Gasteiger partial charge in [-0.1, -0.05) is 0 Å². The standard InChI is InChI=1S/C10H20N2O3/c1-6-15-9(14)11-7(2)8(13)12-10(3,4)5/h7H,6H2,1-5H3,(H,11,14)(H,12,13). The summed E-state index contributed by atoms with van der Waals surface area (Å²) < 4.78 is 4.66. The van der Waals surface area contributed by atoms with E-state index in [1.54, 1.807) is 13.8 Å². The minimum absolute atomic E-state index is 0.226. The number of hydrogen-bond donors (Lipinski definition) is 2. The molecule has 0 aromatic heterocycles. The molecule has 0 aliphatic carbocycles. The summed E-state index contributed by atoms with van der Waals surface area (Å²) >= 11 is 0. The molecule has 0 bridgehead atoms. The summed E-state index contributed by atoms with van der Waals surface area (Å²) in [6.45, 7) is 9.24. The Bertz CT molecular complexity index is 233. The van der Waals surface area contributed by atoms with Gasteiger partial charge in [0.1, 0.15) is 6.04 Å². The molecule has 2 N–H and O–H groups in total. The van der Waals surface area contributed by atoms with Gasteiger partial charge in [-0.2, -0.15) is 0 Å². The first-order valence-corrected chi connectivity index (χ1v) is 5.01. The van der Waals surface area contributed by atoms with Crippen molar-refractivity contribution in [2.45, 2.75) is 46.2 Å². The fourth-order valence-corrected chi connectivity index (χ4v) is 0.893. The third-order valence-electron chi connectivity index (χ3n) is 1.50. The number of amides is 2. The highest BCUT2D eigenvalue weighted by molar-refractivity contribution is 5.85. The molecule has 0 rings (SSSR count). The van der Waals surface area contributed by atoms with Crippen molar-refractivity contribution >= 4 is 12.0 Å². The van der Waals surface area contributed by atoms with Gasteiger partial charge in [-0.25, -0.2) is 4.79 Å². The van der Waals surface area contributed by atoms with Crippen molar-refractivity contribution < 1.29 is 14.3 Å². The molecule has 0 aliphatic rings. The molecule has 0 saturated heterocycles. The zero-order valence-electron chi connectivity index (χ0n) is 10.0. The van der Waals surface area contributed by atoms with Crippen LogP contribution in [0.3, 0.4) is 0 Å². The first-order valence-electron chi connectivity index (χ1n) is 5.01. The highest BCUT2D eigenvalue weighted by atomic mass is 16.5. The van der Waals surface area contributed by atoms with Crippen LogP contribution in [0.2, 0.25) is 0 Å². The summed E-state index contributed by atoms with van der Waals surface area (Å²) in [6, 6.07) is -0.594. The fraction of sp³-hybridized carbons (Fsp3) is 0.800. The van der Waals surface area contributed by atoms with Gasteiger partial charge in [0.15, 0.2) is 0 Å². The molecular weight excluding hydrogens is 196 g/mol. The lowest BCUT2D eigenvalue weighted by atomic mass is 10.1. The fourth-order valence-electron chi connectivity index (χ4n) is 0.893. The number of alkyl carbamates (subject to hydrolysis) is 1. The molecule has 0 heterocycles. The van der Waals surface area contributed by atoms with Crippen LogP contribution in [0.1, 0.15) is 34.6 Å². The van der Waals surface area contributed by atoms with Crippen LogP contribution < -0.4 is 10.6 Å². The number of ether oxygens (including phenoxy) is 1. The SMILES string of the molecule is CCOC(=O)NC(C)C(=O)NC(C)(C)C. The topological polar surface area (TPSA) is 67.4 Å². The number of carbonyl (C=O) groups is 2. The van der Waals surface area contributed by atoms with E-state index in [4.69, 9.17) is 0 Å². The maximum Gasteiger partial charge on any atom is 0.407 e. The highest BCUT2D eigenvalue weighted by Gasteiger charge is 2.20. The Morgan fingerprint density at radius 3 is 2.27 bits per heavy atom. The largest absolute Gasteiger partial charge is 0.450 e. The molecule has 0 aromatic carbocycles. The molecule has 5 heteroatoms. The summed E-state index contributed by atoms with van der Waals surface area (Å²) in [6.07, 6.45) is -0.575. The number of nitrogens with one attached hydrogen (secondary N) is 2. The molecule has 1 atom stereocenters. The predicted octanol–water partition coefficient (Wildman–Crippen LogP) is 1.04. The molecule has 88 valence electrons. The van der Waals surface area contributed by atoms with Crippen molar-refractivity contribution in [1.82, 2.24) is 10.6 Å². The molecular formula is C10H20N2O3. The van der Waals surface area contributed by atoms with E-state index in [-0.39, 0.29) is 11.4 Å². The van der Waals surface area contributed by atoms with Gasteiger partial charge >= 0.3 is 6.09 Å². The van der Waals surface area contributed by atoms with Gasteiger partial charge in [0.2, 0.25) is 5.91 Å². The van der Waals surface area contributed by atoms with E-state index in [1.807, 2.05) is 20.8 Å². The van der Waals surface area contributed by atoms with E-state index in [1.165, 1.54) is 0 Å². The second-order valence-electron chi connectivity index (χ2n) is 4.33. The Hall–Kier alpha value is -1.26. The lowest BCUT2D eigenvalue weighted by Gasteiger charge is -2.23. The third kappa shape index (κ3) is 6.76. The number of hydrogen-bond acceptors (Lipinski definition) is 3. The average Bonchev–Trinajstić information content (AvgIpc) is 2.00. The van der Waals surface area contributed by atoms with Crippen molar-refractivity contribution in [3.05, 3.63) is 0 Å². The first-order chi connectivity index (χ1) is 6.76. The summed E-state index contributed by atoms with van der Waals surface area (Å²) in [5.74, 6) is -0.226. The van der Waals surface area contributed by atoms with Crippen LogP contribution in [0.25, 0.3) is 0 Å². The predicted molar refractivity (Wildman–Crippen MR) is 57.5 cm³/mol. The molecule has 0 fully saturated rings. The van der Waals surface area contributed by atoms with E-state index < -0.39 is 12.1 Å². The molecule has 1 unspecified atom stereocenters. The molecule has 0 saturated carbocycles. The smallest absolute Gasteiger partial charge is 0.407 e. The van der Waals surface area contributed by atoms with Gasteiger partial charge < -0.3 is 15.4 Å². The van der Waals surface area contributed by atoms with Crippen LogP contribution >= 0.6 is 0 Å². The summed E-state index contributed by atoms with van der Waals surface area (Å²) in [5.41, 5.74) is -0.304. The van der Waals surface area contributed by atoms with Crippen molar-refractivity contribution in [1.29, 1.82) is 0 Å². The third-order valence-corrected chi connectivity index (χ3v) is 1.50. The van der Waals surface area contributed by atoms with Gasteiger partial charge in [-0.15, -0.1) is 0 Å². The molecule has 2 amide bonds. The molecule has 5 nitrogen and oxygen atoms in total. The van der Waals surface area contributed by atoms with Gasteiger partial charge in [0, 0.05) is 5.54 Å². The summed E-state index contributed by atoms with van der Waals surface area (Å²) in [4.78, 5) is 22.5. The average molecular weight is 216 g/mol. The van der Waals surface area contributed by atoms with Crippen molar-refractivity contribution in [2.24, 2.45) is 0 Å². The van der Waals surface area contributed by atoms with Crippen LogP contribution in [-0.4, -0.2) is 30.2 Å². The van der Waals surface area contributed by atoms with Crippen LogP contribution in [0, 0.1) is 0 Å². The Kier molecular flexibility index (Phi) is 5.11. The van der Waals surface area contributed by atoms with Gasteiger partial charge in [0.05, 0.1) is 6.61 Å². The summed E-state index contributed by atoms with van der Waals surface area (Å²) in [5, 5.41) is 5.19. The lowest BCUT2D eigenvalue weighted by molar-refractivity contribution is -0.124. The monoisotopic (exact) mass is 216 g/mol. The molecule has 0 aliphatic heterocycles.